The molecule has 2 aromatic rings. The molecule has 19 heavy (non-hydrogen) atoms. The molecule has 5 heteroatoms. The van der Waals surface area contributed by atoms with Crippen molar-refractivity contribution in [3.63, 3.8) is 0 Å². The summed E-state index contributed by atoms with van der Waals surface area (Å²) in [4.78, 5) is 0. The first-order valence-electron chi connectivity index (χ1n) is 6.44. The van der Waals surface area contributed by atoms with Gasteiger partial charge in [0.05, 0.1) is 6.20 Å². The van der Waals surface area contributed by atoms with Gasteiger partial charge in [0, 0.05) is 19.6 Å². The lowest BCUT2D eigenvalue weighted by atomic mass is 10.2. The molecular formula is C14H20N4O. The summed E-state index contributed by atoms with van der Waals surface area (Å²) in [7, 11) is 1.84. The van der Waals surface area contributed by atoms with E-state index in [1.54, 1.807) is 4.68 Å². The summed E-state index contributed by atoms with van der Waals surface area (Å²) in [6.45, 7) is 5.55. The Balaban J connectivity index is 1.91. The predicted octanol–water partition coefficient (Wildman–Crippen LogP) is 1.89. The Morgan fingerprint density at radius 2 is 2.21 bits per heavy atom. The van der Waals surface area contributed by atoms with Crippen molar-refractivity contribution in [2.45, 2.75) is 33.0 Å². The Hall–Kier alpha value is -1.88. The highest BCUT2D eigenvalue weighted by atomic mass is 16.5. The van der Waals surface area contributed by atoms with Crippen molar-refractivity contribution in [1.82, 2.24) is 20.3 Å². The molecule has 1 N–H and O–H groups in total. The molecule has 2 rings (SSSR count). The van der Waals surface area contributed by atoms with E-state index in [1.807, 2.05) is 31.4 Å². The van der Waals surface area contributed by atoms with Crippen molar-refractivity contribution in [1.29, 1.82) is 0 Å². The molecule has 0 aliphatic carbocycles. The van der Waals surface area contributed by atoms with Crippen LogP contribution in [0.4, 0.5) is 0 Å². The Kier molecular flexibility index (Phi) is 4.52. The third-order valence-electron chi connectivity index (χ3n) is 2.65. The van der Waals surface area contributed by atoms with E-state index in [0.29, 0.717) is 12.6 Å². The molecule has 102 valence electrons. The quantitative estimate of drug-likeness (QED) is 0.861. The van der Waals surface area contributed by atoms with Crippen molar-refractivity contribution in [2.24, 2.45) is 7.05 Å². The minimum atomic E-state index is 0.439. The molecule has 0 unspecified atom stereocenters. The monoisotopic (exact) mass is 260 g/mol. The van der Waals surface area contributed by atoms with Crippen molar-refractivity contribution in [3.8, 4) is 5.75 Å². The predicted molar refractivity (Wildman–Crippen MR) is 73.8 cm³/mol. The summed E-state index contributed by atoms with van der Waals surface area (Å²) >= 11 is 0. The molecule has 0 aliphatic heterocycles. The zero-order valence-electron chi connectivity index (χ0n) is 11.6. The molecule has 5 nitrogen and oxygen atoms in total. The number of hydrogen-bond acceptors (Lipinski definition) is 4. The summed E-state index contributed by atoms with van der Waals surface area (Å²) in [6.07, 6.45) is 1.85. The van der Waals surface area contributed by atoms with E-state index in [0.717, 1.165) is 18.0 Å². The molecule has 0 bridgehead atoms. The third-order valence-corrected chi connectivity index (χ3v) is 2.65. The van der Waals surface area contributed by atoms with Gasteiger partial charge in [-0.3, -0.25) is 4.68 Å². The van der Waals surface area contributed by atoms with E-state index in [9.17, 15) is 0 Å². The maximum absolute atomic E-state index is 5.71. The van der Waals surface area contributed by atoms with Gasteiger partial charge in [-0.2, -0.15) is 0 Å². The van der Waals surface area contributed by atoms with Crippen molar-refractivity contribution in [2.75, 3.05) is 0 Å². The van der Waals surface area contributed by atoms with Crippen LogP contribution < -0.4 is 10.1 Å². The van der Waals surface area contributed by atoms with Crippen LogP contribution in [0.2, 0.25) is 0 Å². The number of ether oxygens (including phenoxy) is 1. The fraction of sp³-hybridized carbons (Fsp3) is 0.429. The smallest absolute Gasteiger partial charge is 0.134 e. The Bertz CT molecular complexity index is 522. The highest BCUT2D eigenvalue weighted by molar-refractivity contribution is 5.28. The van der Waals surface area contributed by atoms with E-state index in [1.165, 1.54) is 5.56 Å². The van der Waals surface area contributed by atoms with Gasteiger partial charge in [0.2, 0.25) is 0 Å². The maximum atomic E-state index is 5.71. The molecule has 0 atom stereocenters. The zero-order valence-corrected chi connectivity index (χ0v) is 11.6. The summed E-state index contributed by atoms with van der Waals surface area (Å²) in [5.74, 6) is 0.855. The van der Waals surface area contributed by atoms with Gasteiger partial charge in [-0.25, -0.2) is 0 Å². The van der Waals surface area contributed by atoms with Crippen molar-refractivity contribution >= 4 is 0 Å². The highest BCUT2D eigenvalue weighted by Gasteiger charge is 2.01. The molecule has 0 spiro atoms. The summed E-state index contributed by atoms with van der Waals surface area (Å²) in [5.41, 5.74) is 2.04. The summed E-state index contributed by atoms with van der Waals surface area (Å²) in [5, 5.41) is 11.2. The van der Waals surface area contributed by atoms with Gasteiger partial charge >= 0.3 is 0 Å². The van der Waals surface area contributed by atoms with Crippen LogP contribution in [0, 0.1) is 0 Å². The van der Waals surface area contributed by atoms with Crippen LogP contribution in [0.3, 0.4) is 0 Å². The number of aryl methyl sites for hydroxylation is 1. The van der Waals surface area contributed by atoms with E-state index >= 15 is 0 Å². The van der Waals surface area contributed by atoms with Crippen molar-refractivity contribution < 1.29 is 4.74 Å². The van der Waals surface area contributed by atoms with E-state index < -0.39 is 0 Å². The van der Waals surface area contributed by atoms with Crippen LogP contribution in [-0.4, -0.2) is 21.0 Å². The van der Waals surface area contributed by atoms with Crippen LogP contribution in [0.25, 0.3) is 0 Å². The molecule has 1 aromatic heterocycles. The standard InChI is InChI=1S/C14H20N4O/c1-11(2)15-8-12-5-4-6-14(7-12)19-10-13-9-18(3)17-16-13/h4-7,9,11,15H,8,10H2,1-3H3. The number of nitrogens with zero attached hydrogens (tertiary/aromatic N) is 3. The number of rotatable bonds is 6. The van der Waals surface area contributed by atoms with Gasteiger partial charge in [0.15, 0.2) is 0 Å². The third kappa shape index (κ3) is 4.37. The van der Waals surface area contributed by atoms with Crippen LogP contribution >= 0.6 is 0 Å². The maximum Gasteiger partial charge on any atom is 0.134 e. The lowest BCUT2D eigenvalue weighted by Gasteiger charge is -2.10. The topological polar surface area (TPSA) is 52.0 Å². The first-order chi connectivity index (χ1) is 9.13. The van der Waals surface area contributed by atoms with Crippen molar-refractivity contribution in [3.05, 3.63) is 41.7 Å². The average molecular weight is 260 g/mol. The Labute approximate surface area is 113 Å². The van der Waals surface area contributed by atoms with Gasteiger partial charge in [-0.1, -0.05) is 31.2 Å². The summed E-state index contributed by atoms with van der Waals surface area (Å²) in [6, 6.07) is 8.57. The average Bonchev–Trinajstić information content (AvgIpc) is 2.80. The van der Waals surface area contributed by atoms with Crippen LogP contribution in [0.15, 0.2) is 30.5 Å². The molecule has 0 aliphatic rings. The lowest BCUT2D eigenvalue weighted by molar-refractivity contribution is 0.300. The number of benzene rings is 1. The SMILES string of the molecule is CC(C)NCc1cccc(OCc2cn(C)nn2)c1. The molecule has 1 heterocycles. The van der Waals surface area contributed by atoms with E-state index in [4.69, 9.17) is 4.74 Å². The van der Waals surface area contributed by atoms with E-state index in [-0.39, 0.29) is 0 Å². The second kappa shape index (κ2) is 6.33. The molecule has 1 aromatic carbocycles. The first-order valence-corrected chi connectivity index (χ1v) is 6.44. The molecular weight excluding hydrogens is 240 g/mol. The van der Waals surface area contributed by atoms with Crippen LogP contribution in [0.1, 0.15) is 25.1 Å². The second-order valence-corrected chi connectivity index (χ2v) is 4.86. The van der Waals surface area contributed by atoms with Crippen LogP contribution in [-0.2, 0) is 20.2 Å². The first kappa shape index (κ1) is 13.5. The van der Waals surface area contributed by atoms with Gasteiger partial charge in [0.1, 0.15) is 18.1 Å². The number of aromatic nitrogens is 3. The van der Waals surface area contributed by atoms with Gasteiger partial charge < -0.3 is 10.1 Å². The highest BCUT2D eigenvalue weighted by Crippen LogP contribution is 2.14. The fourth-order valence-corrected chi connectivity index (χ4v) is 1.69. The molecule has 0 amide bonds. The molecule has 0 saturated heterocycles. The van der Waals surface area contributed by atoms with Crippen LogP contribution in [0.5, 0.6) is 5.75 Å². The second-order valence-electron chi connectivity index (χ2n) is 4.86. The normalized spacial score (nSPS) is 10.9. The minimum absolute atomic E-state index is 0.439. The van der Waals surface area contributed by atoms with Gasteiger partial charge in [0.25, 0.3) is 0 Å². The van der Waals surface area contributed by atoms with Gasteiger partial charge in [-0.15, -0.1) is 5.10 Å². The molecule has 0 saturated carbocycles. The minimum Gasteiger partial charge on any atom is -0.487 e. The zero-order chi connectivity index (χ0) is 13.7. The Morgan fingerprint density at radius 1 is 1.37 bits per heavy atom. The number of nitrogens with one attached hydrogen (secondary N) is 1. The Morgan fingerprint density at radius 3 is 2.89 bits per heavy atom. The van der Waals surface area contributed by atoms with E-state index in [2.05, 4.69) is 35.5 Å². The molecule has 0 radical (unpaired) electrons. The summed E-state index contributed by atoms with van der Waals surface area (Å²) < 4.78 is 7.38. The fourth-order valence-electron chi connectivity index (χ4n) is 1.69. The molecule has 0 fully saturated rings. The largest absolute Gasteiger partial charge is 0.487 e. The van der Waals surface area contributed by atoms with Gasteiger partial charge in [-0.05, 0) is 17.7 Å². The lowest BCUT2D eigenvalue weighted by Crippen LogP contribution is -2.21. The number of hydrogen-bond donors (Lipinski definition) is 1.